The molecule has 2 rings (SSSR count). The Morgan fingerprint density at radius 2 is 2.05 bits per heavy atom. The van der Waals surface area contributed by atoms with Crippen LogP contribution < -0.4 is 10.1 Å². The molecule has 5 nitrogen and oxygen atoms in total. The zero-order chi connectivity index (χ0) is 13.7. The summed E-state index contributed by atoms with van der Waals surface area (Å²) in [5.41, 5.74) is 2.34. The summed E-state index contributed by atoms with van der Waals surface area (Å²) in [6.45, 7) is 2.30. The molecule has 0 radical (unpaired) electrons. The number of aryl methyl sites for hydroxylation is 1. The van der Waals surface area contributed by atoms with E-state index >= 15 is 0 Å². The summed E-state index contributed by atoms with van der Waals surface area (Å²) in [5, 5.41) is 2.81. The minimum absolute atomic E-state index is 0.150. The van der Waals surface area contributed by atoms with Crippen LogP contribution in [0.3, 0.4) is 0 Å². The van der Waals surface area contributed by atoms with Crippen molar-refractivity contribution < 1.29 is 9.53 Å². The fourth-order valence-electron chi connectivity index (χ4n) is 1.52. The number of aromatic nitrogens is 2. The summed E-state index contributed by atoms with van der Waals surface area (Å²) in [6.07, 6.45) is 3.24. The van der Waals surface area contributed by atoms with E-state index < -0.39 is 0 Å². The van der Waals surface area contributed by atoms with E-state index in [1.54, 1.807) is 31.6 Å². The first-order valence-corrected chi connectivity index (χ1v) is 5.89. The van der Waals surface area contributed by atoms with E-state index in [4.69, 9.17) is 4.74 Å². The first-order valence-electron chi connectivity index (χ1n) is 5.89. The van der Waals surface area contributed by atoms with Gasteiger partial charge in [-0.1, -0.05) is 6.07 Å². The van der Waals surface area contributed by atoms with Gasteiger partial charge in [-0.05, 0) is 24.6 Å². The van der Waals surface area contributed by atoms with Crippen molar-refractivity contribution in [3.63, 3.8) is 0 Å². The normalized spacial score (nSPS) is 10.0. The third-order valence-corrected chi connectivity index (χ3v) is 2.63. The Balaban J connectivity index is 1.94. The maximum Gasteiger partial charge on any atom is 0.253 e. The van der Waals surface area contributed by atoms with Gasteiger partial charge >= 0.3 is 0 Å². The second-order valence-electron chi connectivity index (χ2n) is 4.08. The molecule has 0 aliphatic heterocycles. The van der Waals surface area contributed by atoms with Crippen molar-refractivity contribution in [2.24, 2.45) is 0 Å². The SMILES string of the molecule is COc1ccc(CNC(=O)c2ccc(C)nc2)cn1. The van der Waals surface area contributed by atoms with Crippen LogP contribution in [0.5, 0.6) is 5.88 Å². The van der Waals surface area contributed by atoms with Crippen LogP contribution in [0.4, 0.5) is 0 Å². The van der Waals surface area contributed by atoms with E-state index in [-0.39, 0.29) is 5.91 Å². The maximum absolute atomic E-state index is 11.9. The van der Waals surface area contributed by atoms with Crippen LogP contribution in [0.25, 0.3) is 0 Å². The number of amides is 1. The molecule has 1 amide bonds. The zero-order valence-corrected chi connectivity index (χ0v) is 10.9. The summed E-state index contributed by atoms with van der Waals surface area (Å²) in [4.78, 5) is 20.0. The molecule has 0 aliphatic carbocycles. The van der Waals surface area contributed by atoms with Gasteiger partial charge < -0.3 is 10.1 Å². The molecular weight excluding hydrogens is 242 g/mol. The Hall–Kier alpha value is -2.43. The fraction of sp³-hybridized carbons (Fsp3) is 0.214. The average Bonchev–Trinajstić information content (AvgIpc) is 2.46. The molecule has 5 heteroatoms. The highest BCUT2D eigenvalue weighted by Crippen LogP contribution is 2.06. The predicted octanol–water partition coefficient (Wildman–Crippen LogP) is 1.72. The molecule has 0 aliphatic rings. The first-order chi connectivity index (χ1) is 9.19. The van der Waals surface area contributed by atoms with Crippen LogP contribution in [0, 0.1) is 6.92 Å². The number of hydrogen-bond acceptors (Lipinski definition) is 4. The summed E-state index contributed by atoms with van der Waals surface area (Å²) < 4.78 is 4.97. The smallest absolute Gasteiger partial charge is 0.253 e. The molecule has 2 aromatic heterocycles. The van der Waals surface area contributed by atoms with Crippen LogP contribution in [0.2, 0.25) is 0 Å². The van der Waals surface area contributed by atoms with Crippen LogP contribution in [0.1, 0.15) is 21.6 Å². The summed E-state index contributed by atoms with van der Waals surface area (Å²) >= 11 is 0. The second-order valence-corrected chi connectivity index (χ2v) is 4.08. The third-order valence-electron chi connectivity index (χ3n) is 2.63. The van der Waals surface area contributed by atoms with Gasteiger partial charge in [0, 0.05) is 30.7 Å². The number of carbonyl (C=O) groups excluding carboxylic acids is 1. The quantitative estimate of drug-likeness (QED) is 0.905. The van der Waals surface area contributed by atoms with Crippen molar-refractivity contribution in [3.8, 4) is 5.88 Å². The molecule has 0 bridgehead atoms. The van der Waals surface area contributed by atoms with Crippen molar-refractivity contribution in [1.82, 2.24) is 15.3 Å². The molecule has 19 heavy (non-hydrogen) atoms. The van der Waals surface area contributed by atoms with Crippen LogP contribution in [-0.4, -0.2) is 23.0 Å². The third kappa shape index (κ3) is 3.51. The minimum Gasteiger partial charge on any atom is -0.481 e. The lowest BCUT2D eigenvalue weighted by Crippen LogP contribution is -2.23. The Morgan fingerprint density at radius 3 is 2.63 bits per heavy atom. The van der Waals surface area contributed by atoms with Crippen LogP contribution in [-0.2, 0) is 6.54 Å². The molecular formula is C14H15N3O2. The molecule has 98 valence electrons. The van der Waals surface area contributed by atoms with Gasteiger partial charge in [-0.25, -0.2) is 4.98 Å². The molecule has 2 aromatic rings. The molecule has 1 N–H and O–H groups in total. The number of carbonyl (C=O) groups is 1. The van der Waals surface area contributed by atoms with Crippen molar-refractivity contribution in [1.29, 1.82) is 0 Å². The van der Waals surface area contributed by atoms with Crippen LogP contribution >= 0.6 is 0 Å². The Labute approximate surface area is 111 Å². The molecule has 0 aromatic carbocycles. The summed E-state index contributed by atoms with van der Waals surface area (Å²) in [6, 6.07) is 7.18. The summed E-state index contributed by atoms with van der Waals surface area (Å²) in [7, 11) is 1.56. The number of nitrogens with one attached hydrogen (secondary N) is 1. The van der Waals surface area contributed by atoms with Crippen molar-refractivity contribution in [2.45, 2.75) is 13.5 Å². The standard InChI is InChI=1S/C14H15N3O2/c1-10-3-5-12(9-15-10)14(18)17-8-11-4-6-13(19-2)16-7-11/h3-7,9H,8H2,1-2H3,(H,17,18). The number of methoxy groups -OCH3 is 1. The van der Waals surface area contributed by atoms with E-state index in [9.17, 15) is 4.79 Å². The second kappa shape index (κ2) is 5.95. The van der Waals surface area contributed by atoms with Gasteiger partial charge in [-0.15, -0.1) is 0 Å². The average molecular weight is 257 g/mol. The highest BCUT2D eigenvalue weighted by Gasteiger charge is 2.05. The highest BCUT2D eigenvalue weighted by molar-refractivity contribution is 5.93. The lowest BCUT2D eigenvalue weighted by Gasteiger charge is -2.05. The summed E-state index contributed by atoms with van der Waals surface area (Å²) in [5.74, 6) is 0.404. The number of pyridine rings is 2. The van der Waals surface area contributed by atoms with Gasteiger partial charge in [0.15, 0.2) is 0 Å². The lowest BCUT2D eigenvalue weighted by molar-refractivity contribution is 0.0950. The molecule has 0 unspecified atom stereocenters. The molecule has 0 saturated heterocycles. The molecule has 0 atom stereocenters. The van der Waals surface area contributed by atoms with E-state index in [0.29, 0.717) is 18.0 Å². The molecule has 0 saturated carbocycles. The van der Waals surface area contributed by atoms with Crippen LogP contribution in [0.15, 0.2) is 36.7 Å². The van der Waals surface area contributed by atoms with Gasteiger partial charge in [0.2, 0.25) is 5.88 Å². The molecule has 0 spiro atoms. The number of nitrogens with zero attached hydrogens (tertiary/aromatic N) is 2. The van der Waals surface area contributed by atoms with E-state index in [1.807, 2.05) is 19.1 Å². The lowest BCUT2D eigenvalue weighted by atomic mass is 10.2. The number of rotatable bonds is 4. The Kier molecular flexibility index (Phi) is 4.07. The number of ether oxygens (including phenoxy) is 1. The monoisotopic (exact) mass is 257 g/mol. The topological polar surface area (TPSA) is 64.1 Å². The van der Waals surface area contributed by atoms with Gasteiger partial charge in [-0.2, -0.15) is 0 Å². The van der Waals surface area contributed by atoms with E-state index in [0.717, 1.165) is 11.3 Å². The molecule has 2 heterocycles. The number of hydrogen-bond donors (Lipinski definition) is 1. The largest absolute Gasteiger partial charge is 0.481 e. The predicted molar refractivity (Wildman–Crippen MR) is 70.9 cm³/mol. The fourth-order valence-corrected chi connectivity index (χ4v) is 1.52. The van der Waals surface area contributed by atoms with Gasteiger partial charge in [0.1, 0.15) is 0 Å². The van der Waals surface area contributed by atoms with Crippen molar-refractivity contribution in [3.05, 3.63) is 53.5 Å². The van der Waals surface area contributed by atoms with Crippen molar-refractivity contribution >= 4 is 5.91 Å². The highest BCUT2D eigenvalue weighted by atomic mass is 16.5. The zero-order valence-electron chi connectivity index (χ0n) is 10.9. The van der Waals surface area contributed by atoms with E-state index in [2.05, 4.69) is 15.3 Å². The minimum atomic E-state index is -0.150. The Morgan fingerprint density at radius 1 is 1.21 bits per heavy atom. The van der Waals surface area contributed by atoms with Gasteiger partial charge in [0.25, 0.3) is 5.91 Å². The van der Waals surface area contributed by atoms with E-state index in [1.165, 1.54) is 0 Å². The van der Waals surface area contributed by atoms with Crippen molar-refractivity contribution in [2.75, 3.05) is 7.11 Å². The first kappa shape index (κ1) is 13.0. The van der Waals surface area contributed by atoms with Gasteiger partial charge in [0.05, 0.1) is 12.7 Å². The maximum atomic E-state index is 11.9. The molecule has 0 fully saturated rings. The van der Waals surface area contributed by atoms with Gasteiger partial charge in [-0.3, -0.25) is 9.78 Å². The Bertz CT molecular complexity index is 550.